The van der Waals surface area contributed by atoms with Gasteiger partial charge in [-0.15, -0.1) is 0 Å². The zero-order chi connectivity index (χ0) is 6.24. The van der Waals surface area contributed by atoms with Crippen molar-refractivity contribution >= 4 is 6.21 Å². The second-order valence-corrected chi connectivity index (χ2v) is 1.28. The van der Waals surface area contributed by atoms with E-state index in [-0.39, 0.29) is 0 Å². The first-order chi connectivity index (χ1) is 3.91. The summed E-state index contributed by atoms with van der Waals surface area (Å²) in [6.45, 7) is 4.88. The third kappa shape index (κ3) is 5.21. The van der Waals surface area contributed by atoms with Crippen molar-refractivity contribution in [3.63, 3.8) is 0 Å². The molecular weight excluding hydrogens is 100 g/mol. The maximum absolute atomic E-state index is 3.84. The van der Waals surface area contributed by atoms with Gasteiger partial charge in [0.2, 0.25) is 0 Å². The van der Waals surface area contributed by atoms with Crippen molar-refractivity contribution in [3.05, 3.63) is 12.4 Å². The molecule has 2 heteroatoms. The number of aliphatic imine (C=N–C) groups is 1. The van der Waals surface area contributed by atoms with E-state index in [9.17, 15) is 0 Å². The summed E-state index contributed by atoms with van der Waals surface area (Å²) in [6, 6.07) is 0. The minimum Gasteiger partial charge on any atom is -0.390 e. The van der Waals surface area contributed by atoms with Crippen LogP contribution in [0.15, 0.2) is 17.4 Å². The van der Waals surface area contributed by atoms with Gasteiger partial charge >= 0.3 is 0 Å². The molecule has 0 aliphatic heterocycles. The van der Waals surface area contributed by atoms with Crippen LogP contribution >= 0.6 is 0 Å². The van der Waals surface area contributed by atoms with Gasteiger partial charge in [0.25, 0.3) is 0 Å². The van der Waals surface area contributed by atoms with Crippen molar-refractivity contribution in [2.24, 2.45) is 4.99 Å². The van der Waals surface area contributed by atoms with Crippen LogP contribution in [0.2, 0.25) is 0 Å². The third-order valence-electron chi connectivity index (χ3n) is 0.632. The topological polar surface area (TPSA) is 24.4 Å². The summed E-state index contributed by atoms with van der Waals surface area (Å²) in [6.07, 6.45) is 5.29. The fraction of sp³-hybridized carbons (Fsp3) is 0.500. The molecule has 0 heterocycles. The van der Waals surface area contributed by atoms with Gasteiger partial charge in [-0.05, 0) is 13.8 Å². The molecule has 0 amide bonds. The Hall–Kier alpha value is -0.790. The van der Waals surface area contributed by atoms with Gasteiger partial charge in [0.1, 0.15) is 0 Å². The Kier molecular flexibility index (Phi) is 5.60. The van der Waals surface area contributed by atoms with E-state index in [0.29, 0.717) is 0 Å². The summed E-state index contributed by atoms with van der Waals surface area (Å²) in [7, 11) is 0. The van der Waals surface area contributed by atoms with Gasteiger partial charge < -0.3 is 5.32 Å². The van der Waals surface area contributed by atoms with E-state index in [1.807, 2.05) is 20.0 Å². The van der Waals surface area contributed by atoms with Gasteiger partial charge in [-0.2, -0.15) is 0 Å². The molecule has 2 nitrogen and oxygen atoms in total. The normalized spacial score (nSPS) is 11.2. The molecule has 0 aliphatic carbocycles. The van der Waals surface area contributed by atoms with Crippen molar-refractivity contribution in [3.8, 4) is 0 Å². The Balaban J connectivity index is 3.07. The summed E-state index contributed by atoms with van der Waals surface area (Å²) >= 11 is 0. The molecule has 0 fully saturated rings. The molecule has 0 rings (SSSR count). The number of nitrogens with one attached hydrogen (secondary N) is 1. The molecule has 0 aromatic heterocycles. The van der Waals surface area contributed by atoms with Crippen molar-refractivity contribution in [2.45, 2.75) is 13.8 Å². The third-order valence-corrected chi connectivity index (χ3v) is 0.632. The zero-order valence-electron chi connectivity index (χ0n) is 5.39. The van der Waals surface area contributed by atoms with E-state index < -0.39 is 0 Å². The highest BCUT2D eigenvalue weighted by Gasteiger charge is 1.61. The average Bonchev–Trinajstić information content (AvgIpc) is 1.81. The Morgan fingerprint density at radius 1 is 1.62 bits per heavy atom. The minimum atomic E-state index is 0.954. The molecule has 8 heavy (non-hydrogen) atoms. The molecule has 0 saturated carbocycles. The first kappa shape index (κ1) is 7.21. The van der Waals surface area contributed by atoms with Crippen molar-refractivity contribution in [1.82, 2.24) is 5.32 Å². The highest BCUT2D eigenvalue weighted by molar-refractivity contribution is 5.54. The number of nitrogens with zero attached hydrogens (tertiary/aromatic N) is 1. The van der Waals surface area contributed by atoms with Gasteiger partial charge in [0.15, 0.2) is 0 Å². The molecule has 0 saturated heterocycles. The summed E-state index contributed by atoms with van der Waals surface area (Å²) in [4.78, 5) is 3.84. The summed E-state index contributed by atoms with van der Waals surface area (Å²) in [5, 5.41) is 2.99. The molecule has 0 aromatic carbocycles. The highest BCUT2D eigenvalue weighted by Crippen LogP contribution is 1.66. The van der Waals surface area contributed by atoms with Crippen LogP contribution in [0.4, 0.5) is 0 Å². The molecule has 0 unspecified atom stereocenters. The lowest BCUT2D eigenvalue weighted by atomic mass is 10.7. The molecule has 0 spiro atoms. The number of rotatable bonds is 3. The Morgan fingerprint density at radius 3 is 2.88 bits per heavy atom. The van der Waals surface area contributed by atoms with E-state index in [2.05, 4.69) is 10.3 Å². The minimum absolute atomic E-state index is 0.954. The summed E-state index contributed by atoms with van der Waals surface area (Å²) in [5.41, 5.74) is 0. The molecular formula is C6H12N2. The Bertz CT molecular complexity index is 84.5. The van der Waals surface area contributed by atoms with Crippen molar-refractivity contribution in [2.75, 3.05) is 6.54 Å². The molecule has 0 atom stereocenters. The quantitative estimate of drug-likeness (QED) is 0.544. The fourth-order valence-electron chi connectivity index (χ4n) is 0.300. The molecule has 0 aromatic rings. The van der Waals surface area contributed by atoms with Crippen LogP contribution < -0.4 is 5.32 Å². The van der Waals surface area contributed by atoms with E-state index in [1.165, 1.54) is 0 Å². The van der Waals surface area contributed by atoms with Crippen molar-refractivity contribution < 1.29 is 0 Å². The van der Waals surface area contributed by atoms with Gasteiger partial charge in [-0.25, -0.2) is 0 Å². The van der Waals surface area contributed by atoms with E-state index >= 15 is 0 Å². The monoisotopic (exact) mass is 112 g/mol. The zero-order valence-corrected chi connectivity index (χ0v) is 5.39. The van der Waals surface area contributed by atoms with Gasteiger partial charge in [0, 0.05) is 25.2 Å². The lowest BCUT2D eigenvalue weighted by Gasteiger charge is -1.86. The maximum atomic E-state index is 3.84. The summed E-state index contributed by atoms with van der Waals surface area (Å²) < 4.78 is 0. The molecule has 1 N–H and O–H groups in total. The van der Waals surface area contributed by atoms with Gasteiger partial charge in [-0.1, -0.05) is 0 Å². The van der Waals surface area contributed by atoms with Crippen LogP contribution in [-0.2, 0) is 0 Å². The van der Waals surface area contributed by atoms with Crippen LogP contribution in [0, 0.1) is 0 Å². The lowest BCUT2D eigenvalue weighted by molar-refractivity contribution is 0.916. The van der Waals surface area contributed by atoms with Crippen molar-refractivity contribution in [1.29, 1.82) is 0 Å². The number of hydrogen-bond donors (Lipinski definition) is 1. The maximum Gasteiger partial charge on any atom is 0.0420 e. The lowest BCUT2D eigenvalue weighted by Crippen LogP contribution is -2.00. The van der Waals surface area contributed by atoms with Gasteiger partial charge in [-0.3, -0.25) is 4.99 Å². The van der Waals surface area contributed by atoms with Crippen LogP contribution in [0.3, 0.4) is 0 Å². The largest absolute Gasteiger partial charge is 0.390 e. The van der Waals surface area contributed by atoms with Crippen LogP contribution in [0.5, 0.6) is 0 Å². The molecule has 0 bridgehead atoms. The standard InChI is InChI=1S/C6H12N2/c1-3-7-5-6-8-4-2/h3,5-6,8H,4H2,1-2H3/b6-5-,7-3?. The van der Waals surface area contributed by atoms with Crippen LogP contribution in [0.1, 0.15) is 13.8 Å². The predicted octanol–water partition coefficient (Wildman–Crippen LogP) is 1.16. The second kappa shape index (κ2) is 6.21. The average molecular weight is 112 g/mol. The molecule has 46 valence electrons. The first-order valence-electron chi connectivity index (χ1n) is 2.78. The molecule has 0 aliphatic rings. The predicted molar refractivity (Wildman–Crippen MR) is 37.0 cm³/mol. The smallest absolute Gasteiger partial charge is 0.0420 e. The first-order valence-corrected chi connectivity index (χ1v) is 2.78. The second-order valence-electron chi connectivity index (χ2n) is 1.28. The SMILES string of the molecule is CC=N/C=C\NCC. The fourth-order valence-corrected chi connectivity index (χ4v) is 0.300. The van der Waals surface area contributed by atoms with E-state index in [0.717, 1.165) is 6.54 Å². The van der Waals surface area contributed by atoms with E-state index in [1.54, 1.807) is 12.4 Å². The van der Waals surface area contributed by atoms with Crippen LogP contribution in [0.25, 0.3) is 0 Å². The number of hydrogen-bond acceptors (Lipinski definition) is 2. The summed E-state index contributed by atoms with van der Waals surface area (Å²) in [5.74, 6) is 0. The Labute approximate surface area is 50.3 Å². The van der Waals surface area contributed by atoms with Gasteiger partial charge in [0.05, 0.1) is 0 Å². The molecule has 0 radical (unpaired) electrons. The van der Waals surface area contributed by atoms with Crippen LogP contribution in [-0.4, -0.2) is 12.8 Å². The van der Waals surface area contributed by atoms with E-state index in [4.69, 9.17) is 0 Å². The highest BCUT2D eigenvalue weighted by atomic mass is 14.8. The Morgan fingerprint density at radius 2 is 2.38 bits per heavy atom.